The van der Waals surface area contributed by atoms with E-state index in [2.05, 4.69) is 156 Å². The number of furan rings is 1. The predicted octanol–water partition coefficient (Wildman–Crippen LogP) is 12.4. The summed E-state index contributed by atoms with van der Waals surface area (Å²) in [6.07, 6.45) is 0. The Hall–Kier alpha value is -5.64. The summed E-state index contributed by atoms with van der Waals surface area (Å²) in [4.78, 5) is 0. The van der Waals surface area contributed by atoms with Crippen molar-refractivity contribution in [3.63, 3.8) is 0 Å². The van der Waals surface area contributed by atoms with E-state index in [1.165, 1.54) is 64.4 Å². The van der Waals surface area contributed by atoms with Crippen molar-refractivity contribution in [2.24, 2.45) is 0 Å². The lowest BCUT2D eigenvalue weighted by Crippen LogP contribution is -1.92. The van der Waals surface area contributed by atoms with Crippen molar-refractivity contribution in [3.8, 4) is 27.9 Å². The first-order valence-corrected chi connectivity index (χ1v) is 16.1. The molecule has 7 aromatic carbocycles. The number of hydrogen-bond donors (Lipinski definition) is 0. The number of benzene rings is 7. The van der Waals surface area contributed by atoms with E-state index in [0.717, 1.165) is 27.5 Å². The molecule has 210 valence electrons. The van der Waals surface area contributed by atoms with Crippen LogP contribution in [0.25, 0.3) is 91.9 Å². The van der Waals surface area contributed by atoms with E-state index in [-0.39, 0.29) is 0 Å². The van der Waals surface area contributed by atoms with Gasteiger partial charge in [-0.25, -0.2) is 0 Å². The van der Waals surface area contributed by atoms with Gasteiger partial charge in [0.2, 0.25) is 0 Å². The van der Waals surface area contributed by atoms with Crippen LogP contribution in [0, 0.1) is 0 Å². The van der Waals surface area contributed by atoms with Gasteiger partial charge in [0.15, 0.2) is 0 Å². The van der Waals surface area contributed by atoms with E-state index in [4.69, 9.17) is 4.42 Å². The van der Waals surface area contributed by atoms with Crippen LogP contribution in [0.15, 0.2) is 156 Å². The molecule has 0 saturated carbocycles. The zero-order valence-electron chi connectivity index (χ0n) is 24.2. The summed E-state index contributed by atoms with van der Waals surface area (Å²) in [6, 6.07) is 54.7. The van der Waals surface area contributed by atoms with Crippen molar-refractivity contribution in [1.29, 1.82) is 0 Å². The zero-order chi connectivity index (χ0) is 29.5. The minimum absolute atomic E-state index is 0.916. The van der Waals surface area contributed by atoms with Gasteiger partial charge in [-0.15, -0.1) is 11.3 Å². The Labute approximate surface area is 263 Å². The fourth-order valence-corrected chi connectivity index (χ4v) is 8.22. The van der Waals surface area contributed by atoms with E-state index in [1.54, 1.807) is 0 Å². The Bertz CT molecular complexity index is 2760. The highest BCUT2D eigenvalue weighted by Gasteiger charge is 2.18. The monoisotopic (exact) mass is 591 g/mol. The minimum Gasteiger partial charge on any atom is -0.456 e. The molecule has 0 atom stereocenters. The first-order valence-electron chi connectivity index (χ1n) is 15.3. The molecule has 0 aliphatic carbocycles. The van der Waals surface area contributed by atoms with Crippen LogP contribution < -0.4 is 0 Å². The number of nitrogens with zero attached hydrogens (tertiary/aromatic N) is 1. The van der Waals surface area contributed by atoms with Gasteiger partial charge in [0.1, 0.15) is 11.2 Å². The molecule has 2 nitrogen and oxygen atoms in total. The van der Waals surface area contributed by atoms with Crippen molar-refractivity contribution in [2.75, 3.05) is 0 Å². The Morgan fingerprint density at radius 3 is 2.00 bits per heavy atom. The number of rotatable bonds is 3. The molecule has 0 amide bonds. The highest BCUT2D eigenvalue weighted by molar-refractivity contribution is 7.26. The predicted molar refractivity (Wildman–Crippen MR) is 192 cm³/mol. The Morgan fingerprint density at radius 1 is 0.444 bits per heavy atom. The van der Waals surface area contributed by atoms with Gasteiger partial charge < -0.3 is 8.98 Å². The Balaban J connectivity index is 1.12. The van der Waals surface area contributed by atoms with Gasteiger partial charge in [0.05, 0.1) is 15.7 Å². The smallest absolute Gasteiger partial charge is 0.136 e. The molecule has 0 aliphatic rings. The largest absolute Gasteiger partial charge is 0.456 e. The molecule has 3 heteroatoms. The molecule has 0 radical (unpaired) electrons. The molecule has 0 fully saturated rings. The number of aromatic nitrogens is 1. The molecule has 0 saturated heterocycles. The lowest BCUT2D eigenvalue weighted by atomic mass is 9.97. The quantitative estimate of drug-likeness (QED) is 0.200. The number of fused-ring (bicyclic) bond motifs is 9. The summed E-state index contributed by atoms with van der Waals surface area (Å²) >= 11 is 1.88. The van der Waals surface area contributed by atoms with E-state index in [0.29, 0.717) is 0 Å². The molecule has 0 N–H and O–H groups in total. The van der Waals surface area contributed by atoms with Gasteiger partial charge in [0, 0.05) is 31.9 Å². The normalized spacial score (nSPS) is 12.0. The number of thiophene rings is 1. The van der Waals surface area contributed by atoms with Crippen LogP contribution in [0.2, 0.25) is 0 Å². The maximum atomic E-state index is 6.39. The van der Waals surface area contributed by atoms with Gasteiger partial charge in [-0.05, 0) is 93.7 Å². The first-order chi connectivity index (χ1) is 22.3. The lowest BCUT2D eigenvalue weighted by molar-refractivity contribution is 0.669. The molecular weight excluding hydrogens is 567 g/mol. The maximum Gasteiger partial charge on any atom is 0.136 e. The van der Waals surface area contributed by atoms with E-state index in [1.807, 2.05) is 11.3 Å². The molecule has 45 heavy (non-hydrogen) atoms. The second kappa shape index (κ2) is 9.43. The molecule has 10 aromatic rings. The Kier molecular flexibility index (Phi) is 5.19. The second-order valence-electron chi connectivity index (χ2n) is 11.8. The van der Waals surface area contributed by atoms with Gasteiger partial charge in [-0.2, -0.15) is 0 Å². The van der Waals surface area contributed by atoms with Gasteiger partial charge in [-0.3, -0.25) is 0 Å². The SMILES string of the molecule is c1ccc(-n2c3ccccc3c3sc4ccc(-c5cccc(-c6ccc7c(c6)oc6cc8ccccc8cc67)c5)cc4c32)cc1. The van der Waals surface area contributed by atoms with Crippen LogP contribution in [-0.2, 0) is 0 Å². The third-order valence-corrected chi connectivity index (χ3v) is 10.4. The summed E-state index contributed by atoms with van der Waals surface area (Å²) in [5.74, 6) is 0. The van der Waals surface area contributed by atoms with Crippen LogP contribution in [0.3, 0.4) is 0 Å². The maximum absolute atomic E-state index is 6.39. The van der Waals surface area contributed by atoms with Crippen molar-refractivity contribution in [1.82, 2.24) is 4.57 Å². The highest BCUT2D eigenvalue weighted by atomic mass is 32.1. The third-order valence-electron chi connectivity index (χ3n) is 9.16. The zero-order valence-corrected chi connectivity index (χ0v) is 25.0. The second-order valence-corrected chi connectivity index (χ2v) is 12.8. The van der Waals surface area contributed by atoms with Crippen LogP contribution in [0.5, 0.6) is 0 Å². The summed E-state index contributed by atoms with van der Waals surface area (Å²) < 4.78 is 11.5. The molecule has 0 spiro atoms. The average molecular weight is 592 g/mol. The van der Waals surface area contributed by atoms with Crippen molar-refractivity contribution in [3.05, 3.63) is 152 Å². The standard InChI is InChI=1S/C42H25NOS/c1-2-13-32(14-3-1)43-37-16-7-6-15-34(37)42-41(43)36-23-30(18-20-40(36)45-42)26-11-8-12-27(21-26)31-17-19-33-35-22-28-9-4-5-10-29(28)24-39(35)44-38(33)25-31/h1-25H. The molecule has 3 heterocycles. The molecule has 0 aliphatic heterocycles. The van der Waals surface area contributed by atoms with Crippen LogP contribution in [-0.4, -0.2) is 4.57 Å². The van der Waals surface area contributed by atoms with E-state index >= 15 is 0 Å². The topological polar surface area (TPSA) is 18.1 Å². The van der Waals surface area contributed by atoms with Crippen molar-refractivity contribution < 1.29 is 4.42 Å². The lowest BCUT2D eigenvalue weighted by Gasteiger charge is -2.09. The van der Waals surface area contributed by atoms with Gasteiger partial charge in [-0.1, -0.05) is 91.0 Å². The molecule has 3 aromatic heterocycles. The number of hydrogen-bond acceptors (Lipinski definition) is 2. The fourth-order valence-electron chi connectivity index (χ4n) is 7.02. The molecule has 0 unspecified atom stereocenters. The molecule has 10 rings (SSSR count). The molecular formula is C42H25NOS. The summed E-state index contributed by atoms with van der Waals surface area (Å²) in [7, 11) is 0. The van der Waals surface area contributed by atoms with Gasteiger partial charge in [0.25, 0.3) is 0 Å². The van der Waals surface area contributed by atoms with E-state index < -0.39 is 0 Å². The summed E-state index contributed by atoms with van der Waals surface area (Å²) in [5.41, 5.74) is 10.3. The van der Waals surface area contributed by atoms with Gasteiger partial charge >= 0.3 is 0 Å². The highest BCUT2D eigenvalue weighted by Crippen LogP contribution is 2.44. The van der Waals surface area contributed by atoms with Crippen LogP contribution in [0.4, 0.5) is 0 Å². The van der Waals surface area contributed by atoms with Crippen molar-refractivity contribution >= 4 is 75.3 Å². The summed E-state index contributed by atoms with van der Waals surface area (Å²) in [5, 5.41) is 7.32. The van der Waals surface area contributed by atoms with E-state index in [9.17, 15) is 0 Å². The average Bonchev–Trinajstić information content (AvgIpc) is 3.75. The molecule has 0 bridgehead atoms. The first kappa shape index (κ1) is 24.8. The van der Waals surface area contributed by atoms with Crippen molar-refractivity contribution in [2.45, 2.75) is 0 Å². The summed E-state index contributed by atoms with van der Waals surface area (Å²) in [6.45, 7) is 0. The minimum atomic E-state index is 0.916. The van der Waals surface area contributed by atoms with Crippen LogP contribution in [0.1, 0.15) is 0 Å². The number of para-hydroxylation sites is 2. The fraction of sp³-hybridized carbons (Fsp3) is 0. The Morgan fingerprint density at radius 2 is 1.13 bits per heavy atom. The third kappa shape index (κ3) is 3.75. The van der Waals surface area contributed by atoms with Crippen LogP contribution >= 0.6 is 11.3 Å².